The number of aromatic hydroxyl groups is 1. The summed E-state index contributed by atoms with van der Waals surface area (Å²) in [4.78, 5) is 0. The Morgan fingerprint density at radius 3 is 2.11 bits per heavy atom. The van der Waals surface area contributed by atoms with Crippen LogP contribution in [0, 0.1) is 0 Å². The second-order valence-corrected chi connectivity index (χ2v) is 4.57. The first-order chi connectivity index (χ1) is 8.46. The molecule has 0 aromatic heterocycles. The molecule has 0 saturated carbocycles. The lowest BCUT2D eigenvalue weighted by Crippen LogP contribution is -2.06. The van der Waals surface area contributed by atoms with Gasteiger partial charge in [0.25, 0.3) is 0 Å². The fraction of sp³-hybridized carbons (Fsp3) is 0. The summed E-state index contributed by atoms with van der Waals surface area (Å²) in [5.74, 6) is 0.123. The number of rotatable bonds is 3. The molecule has 0 aliphatic carbocycles. The van der Waals surface area contributed by atoms with E-state index in [1.54, 1.807) is 36.4 Å². The Hall–Kier alpha value is -2.05. The SMILES string of the molecule is O=S(=O)(O)Oc1ccc(-c2ccccc2O)cc1. The van der Waals surface area contributed by atoms with E-state index in [9.17, 15) is 13.5 Å². The van der Waals surface area contributed by atoms with Gasteiger partial charge >= 0.3 is 10.4 Å². The molecule has 0 aliphatic heterocycles. The smallest absolute Gasteiger partial charge is 0.446 e. The largest absolute Gasteiger partial charge is 0.507 e. The summed E-state index contributed by atoms with van der Waals surface area (Å²) >= 11 is 0. The van der Waals surface area contributed by atoms with Gasteiger partial charge in [-0.1, -0.05) is 30.3 Å². The van der Waals surface area contributed by atoms with Gasteiger partial charge in [-0.05, 0) is 23.8 Å². The van der Waals surface area contributed by atoms with E-state index in [-0.39, 0.29) is 11.5 Å². The van der Waals surface area contributed by atoms with Crippen LogP contribution in [0.1, 0.15) is 0 Å². The molecule has 0 spiro atoms. The molecule has 2 aromatic carbocycles. The predicted octanol–water partition coefficient (Wildman–Crippen LogP) is 2.24. The van der Waals surface area contributed by atoms with Gasteiger partial charge in [0, 0.05) is 5.56 Å². The lowest BCUT2D eigenvalue weighted by Gasteiger charge is -2.05. The van der Waals surface area contributed by atoms with E-state index in [4.69, 9.17) is 4.55 Å². The van der Waals surface area contributed by atoms with Gasteiger partial charge in [-0.25, -0.2) is 0 Å². The first-order valence-corrected chi connectivity index (χ1v) is 6.37. The fourth-order valence-electron chi connectivity index (χ4n) is 1.53. The van der Waals surface area contributed by atoms with Crippen LogP contribution in [0.15, 0.2) is 48.5 Å². The summed E-state index contributed by atoms with van der Waals surface area (Å²) in [6.45, 7) is 0. The number of benzene rings is 2. The molecule has 2 N–H and O–H groups in total. The molecular formula is C12H10O5S. The van der Waals surface area contributed by atoms with Crippen molar-refractivity contribution >= 4 is 10.4 Å². The van der Waals surface area contributed by atoms with Crippen molar-refractivity contribution in [2.75, 3.05) is 0 Å². The van der Waals surface area contributed by atoms with Gasteiger partial charge in [0.15, 0.2) is 0 Å². The fourth-order valence-corrected chi connectivity index (χ4v) is 1.88. The Bertz CT molecular complexity index is 646. The van der Waals surface area contributed by atoms with E-state index in [0.717, 1.165) is 0 Å². The van der Waals surface area contributed by atoms with Crippen molar-refractivity contribution in [3.8, 4) is 22.6 Å². The first kappa shape index (κ1) is 12.4. The standard InChI is InChI=1S/C12H10O5S/c13-12-4-2-1-3-11(12)9-5-7-10(8-6-9)17-18(14,15)16/h1-8,13H,(H,14,15,16). The third kappa shape index (κ3) is 2.99. The van der Waals surface area contributed by atoms with Crippen molar-refractivity contribution in [2.24, 2.45) is 0 Å². The highest BCUT2D eigenvalue weighted by Gasteiger charge is 2.08. The number of phenols is 1. The zero-order valence-corrected chi connectivity index (χ0v) is 9.96. The van der Waals surface area contributed by atoms with Gasteiger partial charge in [-0.15, -0.1) is 0 Å². The number of hydrogen-bond donors (Lipinski definition) is 2. The van der Waals surface area contributed by atoms with Crippen molar-refractivity contribution in [3.63, 3.8) is 0 Å². The maximum Gasteiger partial charge on any atom is 0.446 e. The molecule has 0 amide bonds. The molecule has 0 atom stereocenters. The highest BCUT2D eigenvalue weighted by molar-refractivity contribution is 7.81. The molecule has 0 unspecified atom stereocenters. The molecule has 0 saturated heterocycles. The van der Waals surface area contributed by atoms with Crippen LogP contribution >= 0.6 is 0 Å². The van der Waals surface area contributed by atoms with Crippen LogP contribution in [-0.4, -0.2) is 18.1 Å². The molecule has 18 heavy (non-hydrogen) atoms. The monoisotopic (exact) mass is 266 g/mol. The van der Waals surface area contributed by atoms with Crippen LogP contribution in [0.3, 0.4) is 0 Å². The van der Waals surface area contributed by atoms with Gasteiger partial charge in [0.2, 0.25) is 0 Å². The zero-order chi connectivity index (χ0) is 13.2. The molecule has 0 fully saturated rings. The van der Waals surface area contributed by atoms with Gasteiger partial charge < -0.3 is 9.29 Å². The maximum atomic E-state index is 10.5. The van der Waals surface area contributed by atoms with Crippen LogP contribution in [0.4, 0.5) is 0 Å². The van der Waals surface area contributed by atoms with Crippen molar-refractivity contribution in [2.45, 2.75) is 0 Å². The van der Waals surface area contributed by atoms with Crippen LogP contribution < -0.4 is 4.18 Å². The summed E-state index contributed by atoms with van der Waals surface area (Å²) in [5, 5.41) is 9.65. The second-order valence-electron chi connectivity index (χ2n) is 3.55. The third-order valence-corrected chi connectivity index (χ3v) is 2.67. The van der Waals surface area contributed by atoms with Crippen LogP contribution in [0.5, 0.6) is 11.5 Å². The van der Waals surface area contributed by atoms with E-state index in [1.165, 1.54) is 12.1 Å². The Kier molecular flexibility index (Phi) is 3.22. The van der Waals surface area contributed by atoms with Crippen LogP contribution in [0.25, 0.3) is 11.1 Å². The number of hydrogen-bond acceptors (Lipinski definition) is 4. The van der Waals surface area contributed by atoms with E-state index in [2.05, 4.69) is 4.18 Å². The average molecular weight is 266 g/mol. The van der Waals surface area contributed by atoms with Crippen molar-refractivity contribution < 1.29 is 22.3 Å². The Labute approximate surface area is 104 Å². The van der Waals surface area contributed by atoms with E-state index >= 15 is 0 Å². The molecule has 6 heteroatoms. The quantitative estimate of drug-likeness (QED) is 0.832. The van der Waals surface area contributed by atoms with Gasteiger partial charge in [0.05, 0.1) is 0 Å². The summed E-state index contributed by atoms with van der Waals surface area (Å²) in [5.41, 5.74) is 1.33. The van der Waals surface area contributed by atoms with Crippen molar-refractivity contribution in [1.29, 1.82) is 0 Å². The topological polar surface area (TPSA) is 83.8 Å². The highest BCUT2D eigenvalue weighted by atomic mass is 32.3. The van der Waals surface area contributed by atoms with Gasteiger partial charge in [-0.2, -0.15) is 8.42 Å². The van der Waals surface area contributed by atoms with E-state index in [1.807, 2.05) is 0 Å². The van der Waals surface area contributed by atoms with Crippen molar-refractivity contribution in [3.05, 3.63) is 48.5 Å². The van der Waals surface area contributed by atoms with Crippen molar-refractivity contribution in [1.82, 2.24) is 0 Å². The molecule has 2 aromatic rings. The molecular weight excluding hydrogens is 256 g/mol. The highest BCUT2D eigenvalue weighted by Crippen LogP contribution is 2.29. The number of para-hydroxylation sites is 1. The molecule has 0 radical (unpaired) electrons. The first-order valence-electron chi connectivity index (χ1n) is 5.01. The Morgan fingerprint density at radius 1 is 0.944 bits per heavy atom. The lowest BCUT2D eigenvalue weighted by molar-refractivity contribution is 0.387. The third-order valence-electron chi connectivity index (χ3n) is 2.27. The zero-order valence-electron chi connectivity index (χ0n) is 9.15. The number of phenolic OH excluding ortho intramolecular Hbond substituents is 1. The minimum absolute atomic E-state index is 0.00308. The molecule has 0 heterocycles. The Balaban J connectivity index is 2.31. The molecule has 0 aliphatic rings. The summed E-state index contributed by atoms with van der Waals surface area (Å²) < 4.78 is 33.8. The average Bonchev–Trinajstić information content (AvgIpc) is 2.29. The van der Waals surface area contributed by atoms with Gasteiger partial charge in [-0.3, -0.25) is 4.55 Å². The van der Waals surface area contributed by atoms with Crippen LogP contribution in [0.2, 0.25) is 0 Å². The minimum atomic E-state index is -4.51. The van der Waals surface area contributed by atoms with Crippen LogP contribution in [-0.2, 0) is 10.4 Å². The maximum absolute atomic E-state index is 10.5. The molecule has 0 bridgehead atoms. The summed E-state index contributed by atoms with van der Waals surface area (Å²) in [7, 11) is -4.51. The second kappa shape index (κ2) is 4.67. The summed E-state index contributed by atoms with van der Waals surface area (Å²) in [6, 6.07) is 12.7. The lowest BCUT2D eigenvalue weighted by atomic mass is 10.0. The predicted molar refractivity (Wildman–Crippen MR) is 65.7 cm³/mol. The molecule has 94 valence electrons. The molecule has 2 rings (SSSR count). The Morgan fingerprint density at radius 2 is 1.56 bits per heavy atom. The van der Waals surface area contributed by atoms with Gasteiger partial charge in [0.1, 0.15) is 11.5 Å². The van der Waals surface area contributed by atoms with E-state index in [0.29, 0.717) is 11.1 Å². The summed E-state index contributed by atoms with van der Waals surface area (Å²) in [6.07, 6.45) is 0. The molecule has 5 nitrogen and oxygen atoms in total. The minimum Gasteiger partial charge on any atom is -0.507 e. The van der Waals surface area contributed by atoms with E-state index < -0.39 is 10.4 Å². The normalized spacial score (nSPS) is 11.2.